The van der Waals surface area contributed by atoms with Crippen LogP contribution in [0.3, 0.4) is 0 Å². The first-order chi connectivity index (χ1) is 11.2. The Balaban J connectivity index is 1.43. The highest BCUT2D eigenvalue weighted by Gasteiger charge is 2.47. The molecule has 1 aromatic rings. The van der Waals surface area contributed by atoms with Crippen molar-refractivity contribution in [2.75, 3.05) is 13.1 Å². The molecule has 1 aromatic heterocycles. The van der Waals surface area contributed by atoms with E-state index in [0.29, 0.717) is 6.54 Å². The fraction of sp³-hybridized carbons (Fsp3) is 0.588. The summed E-state index contributed by atoms with van der Waals surface area (Å²) in [5.41, 5.74) is 0. The maximum absolute atomic E-state index is 12.3. The molecule has 2 atom stereocenters. The maximum atomic E-state index is 12.3. The molecule has 2 heterocycles. The first-order valence-corrected chi connectivity index (χ1v) is 9.19. The number of fused-ring (bicyclic) bond motifs is 1. The number of imide groups is 1. The van der Waals surface area contributed by atoms with Crippen molar-refractivity contribution < 1.29 is 14.4 Å². The Bertz CT molecular complexity index is 561. The average molecular weight is 334 g/mol. The highest BCUT2D eigenvalue weighted by atomic mass is 32.1. The number of carbonyl (C=O) groups is 3. The minimum absolute atomic E-state index is 0.0638. The molecule has 3 rings (SSSR count). The van der Waals surface area contributed by atoms with E-state index < -0.39 is 0 Å². The van der Waals surface area contributed by atoms with Gasteiger partial charge < -0.3 is 5.32 Å². The third-order valence-corrected chi connectivity index (χ3v) is 5.70. The summed E-state index contributed by atoms with van der Waals surface area (Å²) in [4.78, 5) is 39.1. The molecule has 1 saturated heterocycles. The number of likely N-dealkylation sites (tertiary alicyclic amines) is 1. The van der Waals surface area contributed by atoms with Crippen LogP contribution in [0.5, 0.6) is 0 Å². The largest absolute Gasteiger partial charge is 0.356 e. The number of nitrogens with one attached hydrogen (secondary N) is 1. The molecule has 1 N–H and O–H groups in total. The Hall–Kier alpha value is -1.69. The van der Waals surface area contributed by atoms with Crippen molar-refractivity contribution in [3.63, 3.8) is 0 Å². The van der Waals surface area contributed by atoms with Gasteiger partial charge in [-0.1, -0.05) is 18.9 Å². The van der Waals surface area contributed by atoms with Crippen molar-refractivity contribution >= 4 is 29.1 Å². The molecule has 0 radical (unpaired) electrons. The fourth-order valence-corrected chi connectivity index (χ4v) is 4.24. The SMILES string of the molecule is O=C(CCN1C(=O)[C@H]2CCCC[C@@H]2C1=O)NCCc1cccs1. The predicted molar refractivity (Wildman–Crippen MR) is 87.8 cm³/mol. The molecule has 0 unspecified atom stereocenters. The molecule has 2 fully saturated rings. The lowest BCUT2D eigenvalue weighted by Gasteiger charge is -2.19. The number of rotatable bonds is 6. The summed E-state index contributed by atoms with van der Waals surface area (Å²) in [5.74, 6) is -0.481. The zero-order chi connectivity index (χ0) is 16.2. The lowest BCUT2D eigenvalue weighted by atomic mass is 9.81. The molecule has 0 spiro atoms. The fourth-order valence-electron chi connectivity index (χ4n) is 3.53. The van der Waals surface area contributed by atoms with Crippen LogP contribution in [0.15, 0.2) is 17.5 Å². The Labute approximate surface area is 140 Å². The second-order valence-electron chi connectivity index (χ2n) is 6.25. The molecular formula is C17H22N2O3S. The zero-order valence-corrected chi connectivity index (χ0v) is 13.9. The smallest absolute Gasteiger partial charge is 0.233 e. The summed E-state index contributed by atoms with van der Waals surface area (Å²) < 4.78 is 0. The van der Waals surface area contributed by atoms with Crippen molar-refractivity contribution in [2.24, 2.45) is 11.8 Å². The van der Waals surface area contributed by atoms with E-state index in [1.54, 1.807) is 11.3 Å². The normalized spacial score (nSPS) is 23.9. The summed E-state index contributed by atoms with van der Waals surface area (Å²) in [7, 11) is 0. The molecule has 124 valence electrons. The van der Waals surface area contributed by atoms with Crippen molar-refractivity contribution in [3.8, 4) is 0 Å². The number of hydrogen-bond donors (Lipinski definition) is 1. The molecule has 3 amide bonds. The second-order valence-corrected chi connectivity index (χ2v) is 7.29. The Kier molecular flexibility index (Phi) is 5.10. The van der Waals surface area contributed by atoms with Crippen LogP contribution in [0.2, 0.25) is 0 Å². The number of nitrogens with zero attached hydrogens (tertiary/aromatic N) is 1. The molecule has 0 bridgehead atoms. The standard InChI is InChI=1S/C17H22N2O3S/c20-15(18-9-7-12-4-3-11-23-12)8-10-19-16(21)13-5-1-2-6-14(13)17(19)22/h3-4,11,13-14H,1-2,5-10H2,(H,18,20)/t13-,14-/m0/s1. The Morgan fingerprint density at radius 3 is 2.52 bits per heavy atom. The lowest BCUT2D eigenvalue weighted by Crippen LogP contribution is -2.35. The van der Waals surface area contributed by atoms with Crippen LogP contribution in [0.1, 0.15) is 37.0 Å². The van der Waals surface area contributed by atoms with Crippen LogP contribution in [0.25, 0.3) is 0 Å². The van der Waals surface area contributed by atoms with Crippen molar-refractivity contribution in [1.82, 2.24) is 10.2 Å². The van der Waals surface area contributed by atoms with Crippen molar-refractivity contribution in [1.29, 1.82) is 0 Å². The topological polar surface area (TPSA) is 66.5 Å². The Morgan fingerprint density at radius 1 is 1.22 bits per heavy atom. The van der Waals surface area contributed by atoms with Gasteiger partial charge in [-0.3, -0.25) is 19.3 Å². The van der Waals surface area contributed by atoms with Gasteiger partial charge in [-0.2, -0.15) is 0 Å². The van der Waals surface area contributed by atoms with Crippen LogP contribution in [0.4, 0.5) is 0 Å². The highest BCUT2D eigenvalue weighted by molar-refractivity contribution is 7.09. The molecule has 5 nitrogen and oxygen atoms in total. The average Bonchev–Trinajstić information content (AvgIpc) is 3.15. The van der Waals surface area contributed by atoms with Gasteiger partial charge in [0.05, 0.1) is 11.8 Å². The Morgan fingerprint density at radius 2 is 1.91 bits per heavy atom. The molecule has 2 aliphatic rings. The second kappa shape index (κ2) is 7.25. The minimum Gasteiger partial charge on any atom is -0.356 e. The van der Waals surface area contributed by atoms with Crippen molar-refractivity contribution in [2.45, 2.75) is 38.5 Å². The molecular weight excluding hydrogens is 312 g/mol. The van der Waals surface area contributed by atoms with Gasteiger partial charge in [0.1, 0.15) is 0 Å². The van der Waals surface area contributed by atoms with E-state index in [4.69, 9.17) is 0 Å². The summed E-state index contributed by atoms with van der Waals surface area (Å²) in [6, 6.07) is 4.03. The van der Waals surface area contributed by atoms with Gasteiger partial charge in [0.15, 0.2) is 0 Å². The van der Waals surface area contributed by atoms with E-state index >= 15 is 0 Å². The molecule has 1 aliphatic heterocycles. The molecule has 0 aromatic carbocycles. The van der Waals surface area contributed by atoms with Gasteiger partial charge in [0, 0.05) is 24.4 Å². The van der Waals surface area contributed by atoms with Crippen LogP contribution in [0, 0.1) is 11.8 Å². The first kappa shape index (κ1) is 16.2. The predicted octanol–water partition coefficient (Wildman–Crippen LogP) is 1.97. The van der Waals surface area contributed by atoms with Crippen LogP contribution in [-0.2, 0) is 20.8 Å². The zero-order valence-electron chi connectivity index (χ0n) is 13.1. The number of carbonyl (C=O) groups excluding carboxylic acids is 3. The third-order valence-electron chi connectivity index (χ3n) is 4.77. The van der Waals surface area contributed by atoms with Gasteiger partial charge in [0.2, 0.25) is 17.7 Å². The number of thiophene rings is 1. The monoisotopic (exact) mass is 334 g/mol. The van der Waals surface area contributed by atoms with Gasteiger partial charge in [-0.05, 0) is 30.7 Å². The number of amides is 3. The first-order valence-electron chi connectivity index (χ1n) is 8.31. The molecule has 6 heteroatoms. The highest BCUT2D eigenvalue weighted by Crippen LogP contribution is 2.37. The molecule has 23 heavy (non-hydrogen) atoms. The third kappa shape index (κ3) is 3.63. The summed E-state index contributed by atoms with van der Waals surface area (Å²) in [5, 5.41) is 4.87. The van der Waals surface area contributed by atoms with Crippen molar-refractivity contribution in [3.05, 3.63) is 22.4 Å². The minimum atomic E-state index is -0.127. The van der Waals surface area contributed by atoms with E-state index in [2.05, 4.69) is 5.32 Å². The van der Waals surface area contributed by atoms with Gasteiger partial charge in [-0.25, -0.2) is 0 Å². The van der Waals surface area contributed by atoms with E-state index in [9.17, 15) is 14.4 Å². The lowest BCUT2D eigenvalue weighted by molar-refractivity contribution is -0.140. The van der Waals surface area contributed by atoms with E-state index in [-0.39, 0.29) is 42.5 Å². The summed E-state index contributed by atoms with van der Waals surface area (Å²) in [6.45, 7) is 0.808. The quantitative estimate of drug-likeness (QED) is 0.809. The summed E-state index contributed by atoms with van der Waals surface area (Å²) in [6.07, 6.45) is 4.70. The van der Waals surface area contributed by atoms with Gasteiger partial charge in [-0.15, -0.1) is 11.3 Å². The van der Waals surface area contributed by atoms with E-state index in [1.807, 2.05) is 17.5 Å². The maximum Gasteiger partial charge on any atom is 0.233 e. The van der Waals surface area contributed by atoms with Gasteiger partial charge >= 0.3 is 0 Å². The molecule has 1 aliphatic carbocycles. The van der Waals surface area contributed by atoms with E-state index in [1.165, 1.54) is 9.78 Å². The number of hydrogen-bond acceptors (Lipinski definition) is 4. The summed E-state index contributed by atoms with van der Waals surface area (Å²) >= 11 is 1.67. The van der Waals surface area contributed by atoms with Crippen LogP contribution in [-0.4, -0.2) is 35.7 Å². The van der Waals surface area contributed by atoms with E-state index in [0.717, 1.165) is 32.1 Å². The van der Waals surface area contributed by atoms with Gasteiger partial charge in [0.25, 0.3) is 0 Å². The molecule has 1 saturated carbocycles. The van der Waals surface area contributed by atoms with Crippen LogP contribution >= 0.6 is 11.3 Å². The van der Waals surface area contributed by atoms with Crippen LogP contribution < -0.4 is 5.32 Å².